The summed E-state index contributed by atoms with van der Waals surface area (Å²) in [5.41, 5.74) is 0. The van der Waals surface area contributed by atoms with Gasteiger partial charge in [-0.15, -0.1) is 0 Å². The van der Waals surface area contributed by atoms with Crippen molar-refractivity contribution in [1.82, 2.24) is 4.98 Å². The molecule has 1 heterocycles. The molecule has 0 saturated carbocycles. The van der Waals surface area contributed by atoms with E-state index in [2.05, 4.69) is 4.98 Å². The van der Waals surface area contributed by atoms with E-state index in [9.17, 15) is 0 Å². The zero-order valence-corrected chi connectivity index (χ0v) is 12.6. The molecule has 0 fully saturated rings. The van der Waals surface area contributed by atoms with Gasteiger partial charge in [-0.3, -0.25) is 9.05 Å². The molecule has 0 atom stereocenters. The Labute approximate surface area is 115 Å². The van der Waals surface area contributed by atoms with Crippen LogP contribution in [0.15, 0.2) is 12.1 Å². The van der Waals surface area contributed by atoms with E-state index in [-0.39, 0.29) is 11.0 Å². The zero-order valence-electron chi connectivity index (χ0n) is 9.35. The highest BCUT2D eigenvalue weighted by atomic mass is 35.5. The summed E-state index contributed by atoms with van der Waals surface area (Å²) in [4.78, 5) is 3.93. The first-order valence-electron chi connectivity index (χ1n) is 4.91. The van der Waals surface area contributed by atoms with E-state index < -0.39 is 6.72 Å². The minimum atomic E-state index is -2.81. The molecule has 4 nitrogen and oxygen atoms in total. The molecule has 1 aromatic heterocycles. The van der Waals surface area contributed by atoms with Crippen molar-refractivity contribution in [2.75, 3.05) is 13.2 Å². The Bertz CT molecular complexity index is 423. The van der Waals surface area contributed by atoms with Crippen LogP contribution in [0, 0.1) is 0 Å². The molecule has 0 spiro atoms. The Morgan fingerprint density at radius 2 is 1.82 bits per heavy atom. The molecule has 0 aromatic carbocycles. The van der Waals surface area contributed by atoms with Gasteiger partial charge in [0.1, 0.15) is 0 Å². The molecule has 0 saturated heterocycles. The quantitative estimate of drug-likeness (QED) is 0.584. The molecule has 96 valence electrons. The van der Waals surface area contributed by atoms with Crippen molar-refractivity contribution in [2.45, 2.75) is 13.8 Å². The number of nitrogens with zero attached hydrogens (tertiary/aromatic N) is 1. The second-order valence-corrected chi connectivity index (χ2v) is 6.50. The monoisotopic (exact) mass is 315 g/mol. The molecule has 0 unspecified atom stereocenters. The van der Waals surface area contributed by atoms with Crippen molar-refractivity contribution in [1.29, 1.82) is 0 Å². The van der Waals surface area contributed by atoms with Crippen LogP contribution in [0.1, 0.15) is 13.8 Å². The third-order valence-electron chi connectivity index (χ3n) is 1.56. The maximum Gasteiger partial charge on any atom is 0.381 e. The Morgan fingerprint density at radius 1 is 1.24 bits per heavy atom. The summed E-state index contributed by atoms with van der Waals surface area (Å²) in [5, 5.41) is 0.499. The Kier molecular flexibility index (Phi) is 6.13. The van der Waals surface area contributed by atoms with Crippen molar-refractivity contribution in [3.63, 3.8) is 0 Å². The summed E-state index contributed by atoms with van der Waals surface area (Å²) >= 11 is 16.7. The van der Waals surface area contributed by atoms with E-state index in [1.165, 1.54) is 0 Å². The van der Waals surface area contributed by atoms with Crippen molar-refractivity contribution in [2.24, 2.45) is 0 Å². The lowest BCUT2D eigenvalue weighted by molar-refractivity contribution is 0.216. The third kappa shape index (κ3) is 4.70. The fraction of sp³-hybridized carbons (Fsp3) is 0.444. The van der Waals surface area contributed by atoms with Crippen LogP contribution in [0.5, 0.6) is 5.88 Å². The highest BCUT2D eigenvalue weighted by Crippen LogP contribution is 2.49. The highest BCUT2D eigenvalue weighted by Gasteiger charge is 2.22. The molecule has 0 N–H and O–H groups in total. The first-order valence-corrected chi connectivity index (χ1v) is 8.22. The van der Waals surface area contributed by atoms with E-state index in [1.807, 2.05) is 13.8 Å². The molecule has 8 heteroatoms. The van der Waals surface area contributed by atoms with Crippen LogP contribution in [0.25, 0.3) is 0 Å². The first-order chi connectivity index (χ1) is 8.00. The van der Waals surface area contributed by atoms with Crippen LogP contribution < -0.4 is 4.52 Å². The van der Waals surface area contributed by atoms with Crippen LogP contribution in [-0.2, 0) is 20.9 Å². The second-order valence-electron chi connectivity index (χ2n) is 2.80. The number of hydrogen-bond donors (Lipinski definition) is 0. The average Bonchev–Trinajstić information content (AvgIpc) is 2.24. The standard InChI is InChI=1S/C9H12Cl2NO3PS/c1-3-13-16(17,14-4-2)15-8-6-5-7(10)9(11)12-8/h5-6H,3-4H2,1-2H3. The first kappa shape index (κ1) is 15.2. The lowest BCUT2D eigenvalue weighted by atomic mass is 10.5. The van der Waals surface area contributed by atoms with Gasteiger partial charge in [-0.1, -0.05) is 23.2 Å². The van der Waals surface area contributed by atoms with Crippen LogP contribution in [0.3, 0.4) is 0 Å². The van der Waals surface area contributed by atoms with Crippen molar-refractivity contribution >= 4 is 41.7 Å². The lowest BCUT2D eigenvalue weighted by Crippen LogP contribution is -2.03. The van der Waals surface area contributed by atoms with Crippen molar-refractivity contribution in [3.8, 4) is 5.88 Å². The van der Waals surface area contributed by atoms with Gasteiger partial charge in [0.2, 0.25) is 5.88 Å². The zero-order chi connectivity index (χ0) is 12.9. The second kappa shape index (κ2) is 6.88. The van der Waals surface area contributed by atoms with Gasteiger partial charge in [0, 0.05) is 17.9 Å². The Hall–Kier alpha value is 0.1000. The Morgan fingerprint density at radius 3 is 2.29 bits per heavy atom. The topological polar surface area (TPSA) is 40.6 Å². The minimum absolute atomic E-state index is 0.152. The summed E-state index contributed by atoms with van der Waals surface area (Å²) in [7, 11) is 0. The van der Waals surface area contributed by atoms with Crippen molar-refractivity contribution < 1.29 is 13.6 Å². The lowest BCUT2D eigenvalue weighted by Gasteiger charge is -2.20. The van der Waals surface area contributed by atoms with Gasteiger partial charge < -0.3 is 4.52 Å². The molecular formula is C9H12Cl2NO3PS. The molecule has 0 aliphatic carbocycles. The summed E-state index contributed by atoms with van der Waals surface area (Å²) < 4.78 is 16.1. The predicted molar refractivity (Wildman–Crippen MR) is 72.4 cm³/mol. The van der Waals surface area contributed by atoms with E-state index >= 15 is 0 Å². The third-order valence-corrected chi connectivity index (χ3v) is 4.66. The number of aromatic nitrogens is 1. The van der Waals surface area contributed by atoms with Gasteiger partial charge >= 0.3 is 6.72 Å². The number of rotatable bonds is 6. The van der Waals surface area contributed by atoms with Gasteiger partial charge in [-0.2, -0.15) is 4.98 Å². The van der Waals surface area contributed by atoms with E-state index in [1.54, 1.807) is 12.1 Å². The number of halogens is 2. The van der Waals surface area contributed by atoms with Crippen molar-refractivity contribution in [3.05, 3.63) is 22.3 Å². The summed E-state index contributed by atoms with van der Waals surface area (Å²) in [5.74, 6) is 0.240. The predicted octanol–water partition coefficient (Wildman–Crippen LogP) is 4.06. The largest absolute Gasteiger partial charge is 0.406 e. The summed E-state index contributed by atoms with van der Waals surface area (Å²) in [6, 6.07) is 3.14. The van der Waals surface area contributed by atoms with Gasteiger partial charge in [0.25, 0.3) is 0 Å². The highest BCUT2D eigenvalue weighted by molar-refractivity contribution is 8.07. The summed E-state index contributed by atoms with van der Waals surface area (Å²) in [6.45, 7) is 1.62. The molecule has 0 aliphatic rings. The minimum Gasteiger partial charge on any atom is -0.406 e. The molecule has 17 heavy (non-hydrogen) atoms. The van der Waals surface area contributed by atoms with Crippen LogP contribution in [0.2, 0.25) is 10.2 Å². The van der Waals surface area contributed by atoms with Gasteiger partial charge in [-0.05, 0) is 19.9 Å². The molecule has 1 rings (SSSR count). The smallest absolute Gasteiger partial charge is 0.381 e. The number of hydrogen-bond acceptors (Lipinski definition) is 5. The average molecular weight is 316 g/mol. The van der Waals surface area contributed by atoms with Crippen LogP contribution in [0.4, 0.5) is 0 Å². The fourth-order valence-electron chi connectivity index (χ4n) is 0.972. The van der Waals surface area contributed by atoms with E-state index in [0.29, 0.717) is 18.2 Å². The maximum absolute atomic E-state index is 5.77. The molecule has 0 bridgehead atoms. The molecule has 0 radical (unpaired) electrons. The Balaban J connectivity index is 2.86. The SMILES string of the molecule is CCOP(=S)(OCC)Oc1ccc(Cl)c(Cl)n1. The molecule has 0 aliphatic heterocycles. The van der Waals surface area contributed by atoms with Crippen LogP contribution >= 0.6 is 29.9 Å². The normalized spacial score (nSPS) is 11.5. The van der Waals surface area contributed by atoms with Gasteiger partial charge in [-0.25, -0.2) is 0 Å². The molecular weight excluding hydrogens is 304 g/mol. The van der Waals surface area contributed by atoms with Gasteiger partial charge in [0.05, 0.1) is 18.2 Å². The molecule has 0 amide bonds. The number of pyridine rings is 1. The maximum atomic E-state index is 5.77. The van der Waals surface area contributed by atoms with E-state index in [4.69, 9.17) is 48.6 Å². The van der Waals surface area contributed by atoms with E-state index in [0.717, 1.165) is 0 Å². The molecule has 1 aromatic rings. The summed E-state index contributed by atoms with van der Waals surface area (Å²) in [6.07, 6.45) is 0. The fourth-order valence-corrected chi connectivity index (χ4v) is 3.23. The van der Waals surface area contributed by atoms with Crippen LogP contribution in [-0.4, -0.2) is 18.2 Å². The van der Waals surface area contributed by atoms with Gasteiger partial charge in [0.15, 0.2) is 5.15 Å².